The summed E-state index contributed by atoms with van der Waals surface area (Å²) in [4.78, 5) is 0. The van der Waals surface area contributed by atoms with Crippen LogP contribution in [0.1, 0.15) is 30.9 Å². The van der Waals surface area contributed by atoms with E-state index in [-0.39, 0.29) is 5.75 Å². The van der Waals surface area contributed by atoms with Crippen LogP contribution < -0.4 is 15.2 Å². The third kappa shape index (κ3) is 2.91. The summed E-state index contributed by atoms with van der Waals surface area (Å²) in [5.74, 6) is 1.46. The highest BCUT2D eigenvalue weighted by Gasteiger charge is 2.35. The standard InChI is InChI=1S/C14H21NO4S/c1-18-10-6-7-12(19-2)11(9-10)14(15)13-5-3-4-8-20(13,16)17/h6-7,9,13-14H,3-5,8,15H2,1-2H3. The van der Waals surface area contributed by atoms with Crippen molar-refractivity contribution in [3.05, 3.63) is 23.8 Å². The lowest BCUT2D eigenvalue weighted by molar-refractivity contribution is 0.392. The maximum atomic E-state index is 12.2. The lowest BCUT2D eigenvalue weighted by Gasteiger charge is -2.28. The molecule has 112 valence electrons. The predicted octanol–water partition coefficient (Wildman–Crippen LogP) is 1.67. The maximum Gasteiger partial charge on any atom is 0.155 e. The molecule has 1 saturated heterocycles. The second-order valence-electron chi connectivity index (χ2n) is 5.03. The third-order valence-electron chi connectivity index (χ3n) is 3.83. The zero-order valence-corrected chi connectivity index (χ0v) is 12.7. The van der Waals surface area contributed by atoms with Crippen LogP contribution >= 0.6 is 0 Å². The van der Waals surface area contributed by atoms with E-state index in [9.17, 15) is 8.42 Å². The van der Waals surface area contributed by atoms with E-state index in [1.165, 1.54) is 0 Å². The molecule has 6 heteroatoms. The van der Waals surface area contributed by atoms with Gasteiger partial charge in [-0.3, -0.25) is 0 Å². The summed E-state index contributed by atoms with van der Waals surface area (Å²) in [6, 6.07) is 4.69. The molecule has 0 aliphatic carbocycles. The van der Waals surface area contributed by atoms with Crippen molar-refractivity contribution < 1.29 is 17.9 Å². The van der Waals surface area contributed by atoms with E-state index in [4.69, 9.17) is 15.2 Å². The van der Waals surface area contributed by atoms with E-state index in [1.807, 2.05) is 0 Å². The molecule has 1 aliphatic heterocycles. The summed E-state index contributed by atoms with van der Waals surface area (Å²) in [5, 5.41) is -0.544. The first kappa shape index (κ1) is 15.1. The average molecular weight is 299 g/mol. The first-order valence-electron chi connectivity index (χ1n) is 6.68. The highest BCUT2D eigenvalue weighted by molar-refractivity contribution is 7.92. The van der Waals surface area contributed by atoms with E-state index in [0.717, 1.165) is 12.8 Å². The van der Waals surface area contributed by atoms with Gasteiger partial charge >= 0.3 is 0 Å². The number of sulfone groups is 1. The molecule has 20 heavy (non-hydrogen) atoms. The fourth-order valence-corrected chi connectivity index (χ4v) is 4.71. The van der Waals surface area contributed by atoms with E-state index >= 15 is 0 Å². The second kappa shape index (κ2) is 6.01. The zero-order chi connectivity index (χ0) is 14.8. The smallest absolute Gasteiger partial charge is 0.155 e. The highest BCUT2D eigenvalue weighted by Crippen LogP contribution is 2.35. The molecule has 1 fully saturated rings. The SMILES string of the molecule is COc1ccc(OC)c(C(N)C2CCCCS2(=O)=O)c1. The molecule has 1 aromatic carbocycles. The number of methoxy groups -OCH3 is 2. The van der Waals surface area contributed by atoms with Crippen molar-refractivity contribution in [2.75, 3.05) is 20.0 Å². The summed E-state index contributed by atoms with van der Waals surface area (Å²) in [5.41, 5.74) is 6.91. The van der Waals surface area contributed by atoms with Gasteiger partial charge in [0.2, 0.25) is 0 Å². The normalized spacial score (nSPS) is 23.1. The molecular formula is C14H21NO4S. The molecular weight excluding hydrogens is 278 g/mol. The molecule has 1 aliphatic rings. The molecule has 2 N–H and O–H groups in total. The zero-order valence-electron chi connectivity index (χ0n) is 11.8. The molecule has 0 bridgehead atoms. The first-order valence-corrected chi connectivity index (χ1v) is 8.40. The Labute approximate surface area is 120 Å². The van der Waals surface area contributed by atoms with Crippen molar-refractivity contribution in [1.82, 2.24) is 0 Å². The van der Waals surface area contributed by atoms with Gasteiger partial charge in [0.15, 0.2) is 9.84 Å². The Morgan fingerprint density at radius 1 is 1.25 bits per heavy atom. The average Bonchev–Trinajstić information content (AvgIpc) is 2.45. The minimum absolute atomic E-state index is 0.220. The molecule has 2 atom stereocenters. The largest absolute Gasteiger partial charge is 0.497 e. The van der Waals surface area contributed by atoms with E-state index in [2.05, 4.69) is 0 Å². The van der Waals surface area contributed by atoms with Gasteiger partial charge in [-0.15, -0.1) is 0 Å². The van der Waals surface area contributed by atoms with Crippen molar-refractivity contribution in [2.24, 2.45) is 5.73 Å². The van der Waals surface area contributed by atoms with Gasteiger partial charge in [0.25, 0.3) is 0 Å². The molecule has 1 aromatic rings. The van der Waals surface area contributed by atoms with Crippen LogP contribution in [0, 0.1) is 0 Å². The van der Waals surface area contributed by atoms with E-state index in [0.29, 0.717) is 23.5 Å². The Bertz CT molecular complexity index is 571. The van der Waals surface area contributed by atoms with Crippen LogP contribution in [0.3, 0.4) is 0 Å². The molecule has 0 spiro atoms. The molecule has 0 amide bonds. The van der Waals surface area contributed by atoms with Crippen molar-refractivity contribution in [3.63, 3.8) is 0 Å². The number of nitrogens with two attached hydrogens (primary N) is 1. The highest BCUT2D eigenvalue weighted by atomic mass is 32.2. The van der Waals surface area contributed by atoms with Gasteiger partial charge in [0, 0.05) is 5.56 Å². The van der Waals surface area contributed by atoms with Crippen LogP contribution in [0.25, 0.3) is 0 Å². The second-order valence-corrected chi connectivity index (χ2v) is 7.37. The maximum absolute atomic E-state index is 12.2. The topological polar surface area (TPSA) is 78.6 Å². The molecule has 0 aromatic heterocycles. The predicted molar refractivity (Wildman–Crippen MR) is 77.9 cm³/mol. The fraction of sp³-hybridized carbons (Fsp3) is 0.571. The monoisotopic (exact) mass is 299 g/mol. The molecule has 2 rings (SSSR count). The third-order valence-corrected chi connectivity index (χ3v) is 6.13. The lowest BCUT2D eigenvalue weighted by atomic mass is 9.99. The Morgan fingerprint density at radius 2 is 2.00 bits per heavy atom. The van der Waals surface area contributed by atoms with Gasteiger partial charge in [-0.05, 0) is 31.0 Å². The fourth-order valence-electron chi connectivity index (χ4n) is 2.68. The van der Waals surface area contributed by atoms with Crippen LogP contribution in [0.4, 0.5) is 0 Å². The van der Waals surface area contributed by atoms with Gasteiger partial charge in [-0.25, -0.2) is 8.42 Å². The van der Waals surface area contributed by atoms with Crippen molar-refractivity contribution in [1.29, 1.82) is 0 Å². The number of hydrogen-bond acceptors (Lipinski definition) is 5. The molecule has 0 saturated carbocycles. The number of rotatable bonds is 4. The van der Waals surface area contributed by atoms with E-state index in [1.54, 1.807) is 32.4 Å². The van der Waals surface area contributed by atoms with E-state index < -0.39 is 21.1 Å². The summed E-state index contributed by atoms with van der Waals surface area (Å²) < 4.78 is 34.9. The quantitative estimate of drug-likeness (QED) is 0.915. The van der Waals surface area contributed by atoms with Crippen LogP contribution in [0.2, 0.25) is 0 Å². The van der Waals surface area contributed by atoms with Gasteiger partial charge in [0.1, 0.15) is 11.5 Å². The minimum Gasteiger partial charge on any atom is -0.497 e. The summed E-state index contributed by atoms with van der Waals surface area (Å²) >= 11 is 0. The number of benzene rings is 1. The number of ether oxygens (including phenoxy) is 2. The number of hydrogen-bond donors (Lipinski definition) is 1. The minimum atomic E-state index is -3.14. The molecule has 5 nitrogen and oxygen atoms in total. The molecule has 0 radical (unpaired) electrons. The Balaban J connectivity index is 2.38. The summed E-state index contributed by atoms with van der Waals surface area (Å²) in [6.45, 7) is 0. The van der Waals surface area contributed by atoms with Crippen molar-refractivity contribution in [3.8, 4) is 11.5 Å². The van der Waals surface area contributed by atoms with Crippen LogP contribution in [0.15, 0.2) is 18.2 Å². The van der Waals surface area contributed by atoms with Crippen molar-refractivity contribution >= 4 is 9.84 Å². The lowest BCUT2D eigenvalue weighted by Crippen LogP contribution is -2.38. The van der Waals surface area contributed by atoms with Crippen LogP contribution in [0.5, 0.6) is 11.5 Å². The Morgan fingerprint density at radius 3 is 2.60 bits per heavy atom. The molecule has 2 unspecified atom stereocenters. The van der Waals surface area contributed by atoms with Crippen molar-refractivity contribution in [2.45, 2.75) is 30.6 Å². The summed E-state index contributed by atoms with van der Waals surface area (Å²) in [7, 11) is -0.0239. The van der Waals surface area contributed by atoms with Gasteiger partial charge in [-0.1, -0.05) is 6.42 Å². The first-order chi connectivity index (χ1) is 9.49. The summed E-state index contributed by atoms with van der Waals surface area (Å²) in [6.07, 6.45) is 2.22. The van der Waals surface area contributed by atoms with Crippen LogP contribution in [-0.2, 0) is 9.84 Å². The molecule has 1 heterocycles. The Kier molecular flexibility index (Phi) is 4.55. The van der Waals surface area contributed by atoms with Crippen LogP contribution in [-0.4, -0.2) is 33.6 Å². The van der Waals surface area contributed by atoms with Gasteiger partial charge < -0.3 is 15.2 Å². The van der Waals surface area contributed by atoms with Gasteiger partial charge in [-0.2, -0.15) is 0 Å². The van der Waals surface area contributed by atoms with Gasteiger partial charge in [0.05, 0.1) is 31.3 Å². The Hall–Kier alpha value is -1.27.